The van der Waals surface area contributed by atoms with E-state index in [0.717, 1.165) is 0 Å². The van der Waals surface area contributed by atoms with Gasteiger partial charge in [0.05, 0.1) is 24.7 Å². The van der Waals surface area contributed by atoms with Crippen LogP contribution in [0.1, 0.15) is 20.3 Å². The highest BCUT2D eigenvalue weighted by atomic mass is 32.2. The molecule has 0 heterocycles. The normalized spacial score (nSPS) is 10.7. The third-order valence-corrected chi connectivity index (χ3v) is 2.10. The van der Waals surface area contributed by atoms with Crippen molar-refractivity contribution < 1.29 is 36.2 Å². The lowest BCUT2D eigenvalue weighted by Crippen LogP contribution is -2.06. The highest BCUT2D eigenvalue weighted by Crippen LogP contribution is 1.76. The van der Waals surface area contributed by atoms with Gasteiger partial charge in [0.25, 0.3) is 20.2 Å². The van der Waals surface area contributed by atoms with Crippen LogP contribution in [0.4, 0.5) is 0 Å². The fraction of sp³-hybridized carbons (Fsp3) is 1.00. The zero-order valence-corrected chi connectivity index (χ0v) is 11.4. The Hall–Kier alpha value is -0.260. The highest BCUT2D eigenvalue weighted by molar-refractivity contribution is 7.86. The Bertz CT molecular complexity index is 297. The molecule has 0 rings (SSSR count). The zero-order chi connectivity index (χ0) is 14.5. The molecule has 0 aromatic carbocycles. The van der Waals surface area contributed by atoms with Crippen LogP contribution in [0.2, 0.25) is 0 Å². The molecule has 0 saturated heterocycles. The Morgan fingerprint density at radius 3 is 0.941 bits per heavy atom. The largest absolute Gasteiger partial charge is 0.395 e. The van der Waals surface area contributed by atoms with Gasteiger partial charge in [-0.05, 0) is 0 Å². The van der Waals surface area contributed by atoms with E-state index in [9.17, 15) is 16.8 Å². The number of aliphatic hydroxyl groups excluding tert-OH is 2. The topological polar surface area (TPSA) is 149 Å². The summed E-state index contributed by atoms with van der Waals surface area (Å²) in [5, 5.41) is 15.7. The molecule has 0 aliphatic heterocycles. The predicted molar refractivity (Wildman–Crippen MR) is 63.0 cm³/mol. The zero-order valence-electron chi connectivity index (χ0n) is 9.77. The molecule has 0 atom stereocenters. The maximum atomic E-state index is 9.63. The molecule has 0 spiro atoms. The first kappa shape index (κ1) is 22.0. The van der Waals surface area contributed by atoms with Crippen molar-refractivity contribution in [2.75, 3.05) is 24.7 Å². The van der Waals surface area contributed by atoms with E-state index in [2.05, 4.69) is 13.8 Å². The molecule has 0 aliphatic rings. The minimum absolute atomic E-state index is 0.529. The van der Waals surface area contributed by atoms with Crippen LogP contribution in [-0.4, -0.2) is 60.9 Å². The van der Waals surface area contributed by atoms with E-state index < -0.39 is 45.0 Å². The second-order valence-corrected chi connectivity index (χ2v) is 5.87. The molecule has 0 saturated carbocycles. The van der Waals surface area contributed by atoms with Crippen LogP contribution in [0.3, 0.4) is 0 Å². The number of hydrogen-bond donors (Lipinski definition) is 4. The molecular formula is C7H20O8S2. The van der Waals surface area contributed by atoms with Gasteiger partial charge in [-0.2, -0.15) is 16.8 Å². The van der Waals surface area contributed by atoms with Gasteiger partial charge in [-0.3, -0.25) is 9.11 Å². The fourth-order valence-electron chi connectivity index (χ4n) is 0.231. The van der Waals surface area contributed by atoms with E-state index in [4.69, 9.17) is 19.3 Å². The lowest BCUT2D eigenvalue weighted by atomic mass is 10.6. The highest BCUT2D eigenvalue weighted by Gasteiger charge is 1.99. The van der Waals surface area contributed by atoms with Crippen molar-refractivity contribution in [1.29, 1.82) is 0 Å². The summed E-state index contributed by atoms with van der Waals surface area (Å²) in [5.41, 5.74) is 0. The van der Waals surface area contributed by atoms with Crippen molar-refractivity contribution in [3.05, 3.63) is 0 Å². The van der Waals surface area contributed by atoms with Crippen LogP contribution >= 0.6 is 0 Å². The predicted octanol–water partition coefficient (Wildman–Crippen LogP) is -0.851. The van der Waals surface area contributed by atoms with E-state index >= 15 is 0 Å². The van der Waals surface area contributed by atoms with Crippen molar-refractivity contribution in [1.82, 2.24) is 0 Å². The van der Waals surface area contributed by atoms with Crippen molar-refractivity contribution >= 4 is 20.2 Å². The van der Waals surface area contributed by atoms with Gasteiger partial charge < -0.3 is 10.2 Å². The van der Waals surface area contributed by atoms with Crippen molar-refractivity contribution in [3.8, 4) is 0 Å². The molecule has 0 fully saturated rings. The van der Waals surface area contributed by atoms with E-state index in [1.807, 2.05) is 0 Å². The first-order valence-electron chi connectivity index (χ1n) is 4.66. The smallest absolute Gasteiger partial charge is 0.267 e. The summed E-state index contributed by atoms with van der Waals surface area (Å²) in [6, 6.07) is 0. The lowest BCUT2D eigenvalue weighted by Gasteiger charge is -1.85. The second-order valence-electron chi connectivity index (χ2n) is 2.73. The van der Waals surface area contributed by atoms with Gasteiger partial charge in [0, 0.05) is 0 Å². The molecule has 17 heavy (non-hydrogen) atoms. The number of rotatable bonds is 4. The Kier molecular flexibility index (Phi) is 15.8. The minimum atomic E-state index is -3.92. The molecule has 108 valence electrons. The van der Waals surface area contributed by atoms with Crippen LogP contribution in [0, 0.1) is 0 Å². The van der Waals surface area contributed by atoms with Crippen LogP contribution < -0.4 is 0 Å². The van der Waals surface area contributed by atoms with Gasteiger partial charge in [0.1, 0.15) is 0 Å². The Morgan fingerprint density at radius 1 is 0.765 bits per heavy atom. The van der Waals surface area contributed by atoms with Crippen LogP contribution in [0.15, 0.2) is 0 Å². The van der Waals surface area contributed by atoms with Crippen molar-refractivity contribution in [2.45, 2.75) is 20.3 Å². The third kappa shape index (κ3) is 49.6. The first-order chi connectivity index (χ1) is 7.54. The van der Waals surface area contributed by atoms with Gasteiger partial charge in [-0.15, -0.1) is 0 Å². The summed E-state index contributed by atoms with van der Waals surface area (Å²) in [6.07, 6.45) is 1.25. The van der Waals surface area contributed by atoms with Gasteiger partial charge in [0.15, 0.2) is 0 Å². The van der Waals surface area contributed by atoms with E-state index in [1.54, 1.807) is 0 Å². The number of hydrogen-bond acceptors (Lipinski definition) is 6. The van der Waals surface area contributed by atoms with Crippen molar-refractivity contribution in [2.24, 2.45) is 0 Å². The van der Waals surface area contributed by atoms with Crippen LogP contribution in [-0.2, 0) is 20.2 Å². The average Bonchev–Trinajstić information content (AvgIpc) is 2.01. The standard InChI is InChI=1S/C3H8.2C2H6O4S/c1-3-2;2*3-1-2-7(4,5)6/h3H2,1-2H3;2*3H,1-2H2,(H,4,5,6). The van der Waals surface area contributed by atoms with Crippen LogP contribution in [0.25, 0.3) is 0 Å². The van der Waals surface area contributed by atoms with Gasteiger partial charge in [-0.1, -0.05) is 20.3 Å². The third-order valence-electron chi connectivity index (χ3n) is 0.698. The van der Waals surface area contributed by atoms with E-state index in [-0.39, 0.29) is 0 Å². The maximum Gasteiger partial charge on any atom is 0.267 e. The molecule has 0 amide bonds. The fourth-order valence-corrected chi connectivity index (χ4v) is 0.692. The Balaban J connectivity index is -0.000000188. The van der Waals surface area contributed by atoms with Gasteiger partial charge in [0.2, 0.25) is 0 Å². The minimum Gasteiger partial charge on any atom is -0.395 e. The summed E-state index contributed by atoms with van der Waals surface area (Å²) in [7, 11) is -7.85. The summed E-state index contributed by atoms with van der Waals surface area (Å²) in [5.74, 6) is -1.15. The van der Waals surface area contributed by atoms with E-state index in [0.29, 0.717) is 0 Å². The SMILES string of the molecule is CCC.O=S(=O)(O)CCO.O=S(=O)(O)CCO. The summed E-state index contributed by atoms with van der Waals surface area (Å²) in [4.78, 5) is 0. The molecule has 0 unspecified atom stereocenters. The molecular weight excluding hydrogens is 276 g/mol. The average molecular weight is 296 g/mol. The molecule has 0 aliphatic carbocycles. The Morgan fingerprint density at radius 2 is 0.941 bits per heavy atom. The first-order valence-corrected chi connectivity index (χ1v) is 7.87. The molecule has 8 nitrogen and oxygen atoms in total. The Labute approximate surface area is 102 Å². The molecule has 4 N–H and O–H groups in total. The quantitative estimate of drug-likeness (QED) is 0.490. The monoisotopic (exact) mass is 296 g/mol. The van der Waals surface area contributed by atoms with Gasteiger partial charge in [-0.25, -0.2) is 0 Å². The number of aliphatic hydroxyl groups is 2. The molecule has 10 heteroatoms. The summed E-state index contributed by atoms with van der Waals surface area (Å²) in [6.45, 7) is 3.19. The molecule has 0 aromatic heterocycles. The van der Waals surface area contributed by atoms with Crippen molar-refractivity contribution in [3.63, 3.8) is 0 Å². The molecule has 0 radical (unpaired) electrons. The molecule has 0 bridgehead atoms. The molecule has 0 aromatic rings. The lowest BCUT2D eigenvalue weighted by molar-refractivity contribution is 0.314. The van der Waals surface area contributed by atoms with Gasteiger partial charge >= 0.3 is 0 Å². The second kappa shape index (κ2) is 12.2. The summed E-state index contributed by atoms with van der Waals surface area (Å²) < 4.78 is 54.2. The van der Waals surface area contributed by atoms with E-state index in [1.165, 1.54) is 6.42 Å². The maximum absolute atomic E-state index is 9.63. The van der Waals surface area contributed by atoms with Crippen LogP contribution in [0.5, 0.6) is 0 Å². The summed E-state index contributed by atoms with van der Waals surface area (Å²) >= 11 is 0.